The molecule has 0 radical (unpaired) electrons. The minimum absolute atomic E-state index is 0.239. The Labute approximate surface area is 134 Å². The van der Waals surface area contributed by atoms with Crippen LogP contribution in [0.3, 0.4) is 0 Å². The Balaban J connectivity index is 4.88. The van der Waals surface area contributed by atoms with E-state index in [1.807, 2.05) is 0 Å². The van der Waals surface area contributed by atoms with Gasteiger partial charge in [0.2, 0.25) is 0 Å². The van der Waals surface area contributed by atoms with Gasteiger partial charge in [0.1, 0.15) is 0 Å². The van der Waals surface area contributed by atoms with Crippen LogP contribution in [-0.4, -0.2) is 47.0 Å². The van der Waals surface area contributed by atoms with Crippen LogP contribution in [-0.2, 0) is 17.1 Å². The Kier molecular flexibility index (Phi) is 9.85. The molecule has 0 aliphatic rings. The van der Waals surface area contributed by atoms with Crippen molar-refractivity contribution in [3.8, 4) is 0 Å². The van der Waals surface area contributed by atoms with E-state index in [1.165, 1.54) is 0 Å². The number of carboxylic acid groups (broad SMARTS) is 1. The van der Waals surface area contributed by atoms with Crippen molar-refractivity contribution in [2.75, 3.05) is 0 Å². The average Bonchev–Trinajstić information content (AvgIpc) is 2.24. The molecule has 0 saturated heterocycles. The summed E-state index contributed by atoms with van der Waals surface area (Å²) >= 11 is 0. The molecular formula is C12H30O5Si4. The first-order valence-corrected chi connectivity index (χ1v) is 17.8. The second kappa shape index (κ2) is 9.87. The third-order valence-electron chi connectivity index (χ3n) is 2.51. The topological polar surface area (TPSA) is 65.0 Å². The van der Waals surface area contributed by atoms with E-state index in [1.54, 1.807) is 0 Å². The lowest BCUT2D eigenvalue weighted by Crippen LogP contribution is -2.53. The van der Waals surface area contributed by atoms with Crippen molar-refractivity contribution in [1.82, 2.24) is 0 Å². The molecule has 0 saturated carbocycles. The van der Waals surface area contributed by atoms with Crippen molar-refractivity contribution in [1.29, 1.82) is 0 Å². The van der Waals surface area contributed by atoms with E-state index in [4.69, 9.17) is 17.5 Å². The molecule has 0 fully saturated rings. The molecule has 9 heteroatoms. The van der Waals surface area contributed by atoms with E-state index in [0.717, 1.165) is 0 Å². The quantitative estimate of drug-likeness (QED) is 0.449. The zero-order valence-electron chi connectivity index (χ0n) is 14.1. The Morgan fingerprint density at radius 1 is 1.00 bits per heavy atom. The predicted octanol–water partition coefficient (Wildman–Crippen LogP) is 2.35. The predicted molar refractivity (Wildman–Crippen MR) is 96.5 cm³/mol. The number of carbonyl (C=O) groups is 1. The van der Waals surface area contributed by atoms with E-state index in [-0.39, 0.29) is 5.57 Å². The minimum atomic E-state index is -2.64. The lowest BCUT2D eigenvalue weighted by Gasteiger charge is -2.35. The maximum Gasteiger partial charge on any atom is 0.468 e. The summed E-state index contributed by atoms with van der Waals surface area (Å²) in [6.07, 6.45) is 1.15. The van der Waals surface area contributed by atoms with Gasteiger partial charge in [0.15, 0.2) is 27.1 Å². The Morgan fingerprint density at radius 2 is 1.38 bits per heavy atom. The molecule has 0 aliphatic carbocycles. The van der Waals surface area contributed by atoms with Crippen LogP contribution >= 0.6 is 0 Å². The molecule has 5 nitrogen and oxygen atoms in total. The molecule has 1 N–H and O–H groups in total. The Morgan fingerprint density at radius 3 is 1.67 bits per heavy atom. The van der Waals surface area contributed by atoms with Crippen LogP contribution in [0.2, 0.25) is 45.3 Å². The lowest BCUT2D eigenvalue weighted by molar-refractivity contribution is -0.132. The van der Waals surface area contributed by atoms with Crippen molar-refractivity contribution in [2.45, 2.75) is 58.2 Å². The van der Waals surface area contributed by atoms with Gasteiger partial charge in [-0.05, 0) is 52.1 Å². The summed E-state index contributed by atoms with van der Waals surface area (Å²) in [6, 6.07) is 0.695. The minimum Gasteiger partial charge on any atom is -0.478 e. The molecule has 0 aliphatic heterocycles. The highest BCUT2D eigenvalue weighted by Gasteiger charge is 2.42. The number of aliphatic carboxylic acids is 1. The van der Waals surface area contributed by atoms with Crippen LogP contribution in [0.5, 0.6) is 0 Å². The molecule has 0 rings (SSSR count). The van der Waals surface area contributed by atoms with Crippen LogP contribution < -0.4 is 0 Å². The van der Waals surface area contributed by atoms with Crippen LogP contribution in [0.4, 0.5) is 0 Å². The van der Waals surface area contributed by atoms with E-state index in [0.29, 0.717) is 18.9 Å². The maximum atomic E-state index is 10.8. The second-order valence-electron chi connectivity index (χ2n) is 5.95. The number of rotatable bonds is 11. The van der Waals surface area contributed by atoms with Crippen molar-refractivity contribution >= 4 is 41.9 Å². The van der Waals surface area contributed by atoms with Gasteiger partial charge in [0.25, 0.3) is 0 Å². The normalized spacial score (nSPS) is 12.4. The first kappa shape index (κ1) is 21.0. The summed E-state index contributed by atoms with van der Waals surface area (Å²) in [7, 11) is -6.48. The molecule has 21 heavy (non-hydrogen) atoms. The fourth-order valence-electron chi connectivity index (χ4n) is 1.96. The van der Waals surface area contributed by atoms with Gasteiger partial charge in [-0.15, -0.1) is 0 Å². The first-order valence-electron chi connectivity index (χ1n) is 7.52. The summed E-state index contributed by atoms with van der Waals surface area (Å²) in [5, 5.41) is 8.89. The highest BCUT2D eigenvalue weighted by atomic mass is 28.5. The fourth-order valence-corrected chi connectivity index (χ4v) is 14.8. The standard InChI is InChI=1S/C12H30O5Si4/c1-11(12(13)14)9-8-10-21(15-18(2)3,16-19(4)5)17-20(6)7/h18-20H,1,8-10H2,2-7H3,(H,13,14). The van der Waals surface area contributed by atoms with Gasteiger partial charge < -0.3 is 17.5 Å². The van der Waals surface area contributed by atoms with Gasteiger partial charge in [-0.25, -0.2) is 4.79 Å². The highest BCUT2D eigenvalue weighted by molar-refractivity contribution is 6.79. The molecular weight excluding hydrogens is 336 g/mol. The van der Waals surface area contributed by atoms with Crippen LogP contribution in [0.25, 0.3) is 0 Å². The summed E-state index contributed by atoms with van der Waals surface area (Å²) in [6.45, 7) is 16.3. The van der Waals surface area contributed by atoms with Gasteiger partial charge in [-0.2, -0.15) is 0 Å². The summed E-state index contributed by atoms with van der Waals surface area (Å²) in [5.74, 6) is -0.931. The fraction of sp³-hybridized carbons (Fsp3) is 0.750. The molecule has 0 aromatic rings. The molecule has 0 unspecified atom stereocenters. The Hall–Kier alpha value is -0.0425. The number of carboxylic acids is 1. The molecule has 0 bridgehead atoms. The third kappa shape index (κ3) is 9.55. The second-order valence-corrected chi connectivity index (χ2v) is 16.9. The van der Waals surface area contributed by atoms with Crippen LogP contribution in [0, 0.1) is 0 Å². The van der Waals surface area contributed by atoms with E-state index in [2.05, 4.69) is 45.9 Å². The largest absolute Gasteiger partial charge is 0.478 e. The molecule has 0 atom stereocenters. The lowest BCUT2D eigenvalue weighted by atomic mass is 10.2. The molecule has 0 aromatic heterocycles. The van der Waals surface area contributed by atoms with Gasteiger partial charge in [-0.3, -0.25) is 0 Å². The molecule has 0 heterocycles. The number of hydrogen-bond acceptors (Lipinski definition) is 4. The molecule has 0 aromatic carbocycles. The van der Waals surface area contributed by atoms with E-state index >= 15 is 0 Å². The van der Waals surface area contributed by atoms with Crippen molar-refractivity contribution in [3.63, 3.8) is 0 Å². The van der Waals surface area contributed by atoms with Crippen LogP contribution in [0.15, 0.2) is 12.2 Å². The van der Waals surface area contributed by atoms with Crippen LogP contribution in [0.1, 0.15) is 12.8 Å². The monoisotopic (exact) mass is 366 g/mol. The van der Waals surface area contributed by atoms with Crippen molar-refractivity contribution < 1.29 is 22.2 Å². The summed E-state index contributed by atoms with van der Waals surface area (Å²) in [5.41, 5.74) is 0.239. The Bertz CT molecular complexity index is 320. The van der Waals surface area contributed by atoms with Gasteiger partial charge in [0, 0.05) is 11.6 Å². The third-order valence-corrected chi connectivity index (χ3v) is 13.4. The molecule has 0 spiro atoms. The summed E-state index contributed by atoms with van der Waals surface area (Å²) in [4.78, 5) is 10.8. The van der Waals surface area contributed by atoms with Gasteiger partial charge in [-0.1, -0.05) is 6.58 Å². The van der Waals surface area contributed by atoms with E-state index < -0.39 is 41.9 Å². The smallest absolute Gasteiger partial charge is 0.468 e. The maximum absolute atomic E-state index is 10.8. The molecule has 0 amide bonds. The number of hydrogen-bond donors (Lipinski definition) is 1. The molecule has 124 valence electrons. The zero-order valence-corrected chi connectivity index (χ0v) is 18.6. The highest BCUT2D eigenvalue weighted by Crippen LogP contribution is 2.23. The SMILES string of the molecule is C=C(CCC[Si](O[SiH](C)C)(O[SiH](C)C)O[SiH](C)C)C(=O)O. The zero-order chi connectivity index (χ0) is 16.6. The summed E-state index contributed by atoms with van der Waals surface area (Å²) < 4.78 is 18.7. The van der Waals surface area contributed by atoms with Crippen molar-refractivity contribution in [3.05, 3.63) is 12.2 Å². The van der Waals surface area contributed by atoms with E-state index in [9.17, 15) is 4.79 Å². The van der Waals surface area contributed by atoms with Crippen molar-refractivity contribution in [2.24, 2.45) is 0 Å². The van der Waals surface area contributed by atoms with Gasteiger partial charge >= 0.3 is 14.8 Å². The average molecular weight is 367 g/mol. The first-order chi connectivity index (χ1) is 9.58. The van der Waals surface area contributed by atoms with Gasteiger partial charge in [0.05, 0.1) is 0 Å².